The zero-order valence-corrected chi connectivity index (χ0v) is 10.0. The number of anilines is 1. The first-order valence-electron chi connectivity index (χ1n) is 5.79. The lowest BCUT2D eigenvalue weighted by molar-refractivity contribution is -0.119. The van der Waals surface area contributed by atoms with E-state index in [0.29, 0.717) is 11.6 Å². The second-order valence-electron chi connectivity index (χ2n) is 4.25. The van der Waals surface area contributed by atoms with Gasteiger partial charge in [0.1, 0.15) is 0 Å². The molecule has 0 saturated heterocycles. The molecule has 0 aromatic heterocycles. The van der Waals surface area contributed by atoms with Crippen LogP contribution in [0, 0.1) is 0 Å². The predicted molar refractivity (Wildman–Crippen MR) is 66.8 cm³/mol. The average Bonchev–Trinajstić information content (AvgIpc) is 2.68. The Labute approximate surface area is 101 Å². The highest BCUT2D eigenvalue weighted by Gasteiger charge is 2.24. The summed E-state index contributed by atoms with van der Waals surface area (Å²) in [4.78, 5) is 24.1. The third-order valence-electron chi connectivity index (χ3n) is 3.14. The lowest BCUT2D eigenvalue weighted by Crippen LogP contribution is -2.29. The van der Waals surface area contributed by atoms with Gasteiger partial charge in [0.25, 0.3) is 11.8 Å². The Kier molecular flexibility index (Phi) is 3.09. The Bertz CT molecular complexity index is 456. The molecule has 0 aliphatic carbocycles. The van der Waals surface area contributed by atoms with Gasteiger partial charge in [-0.1, -0.05) is 26.0 Å². The van der Waals surface area contributed by atoms with Crippen LogP contribution in [0.1, 0.15) is 31.7 Å². The number of carbonyl (C=O) groups excluding carboxylic acids is 2. The quantitative estimate of drug-likeness (QED) is 0.747. The van der Waals surface area contributed by atoms with Crippen LogP contribution in [0.4, 0.5) is 5.69 Å². The predicted octanol–water partition coefficient (Wildman–Crippen LogP) is 2.63. The van der Waals surface area contributed by atoms with E-state index in [2.05, 4.69) is 13.8 Å². The van der Waals surface area contributed by atoms with E-state index in [1.807, 2.05) is 24.3 Å². The molecular weight excluding hydrogens is 214 g/mol. The fourth-order valence-electron chi connectivity index (χ4n) is 1.84. The number of imide groups is 1. The van der Waals surface area contributed by atoms with Crippen LogP contribution < -0.4 is 4.90 Å². The summed E-state index contributed by atoms with van der Waals surface area (Å²) >= 11 is 0. The number of benzene rings is 1. The van der Waals surface area contributed by atoms with E-state index in [1.54, 1.807) is 0 Å². The summed E-state index contributed by atoms with van der Waals surface area (Å²) < 4.78 is 0. The van der Waals surface area contributed by atoms with Crippen molar-refractivity contribution in [3.63, 3.8) is 0 Å². The Morgan fingerprint density at radius 3 is 2.06 bits per heavy atom. The van der Waals surface area contributed by atoms with Crippen LogP contribution in [0.15, 0.2) is 36.4 Å². The topological polar surface area (TPSA) is 37.4 Å². The largest absolute Gasteiger partial charge is 0.269 e. The highest BCUT2D eigenvalue weighted by Crippen LogP contribution is 2.24. The first kappa shape index (κ1) is 11.6. The van der Waals surface area contributed by atoms with E-state index in [1.165, 1.54) is 22.6 Å². The molecule has 0 spiro atoms. The minimum atomic E-state index is -0.272. The number of hydrogen-bond acceptors (Lipinski definition) is 2. The second kappa shape index (κ2) is 4.53. The summed E-state index contributed by atoms with van der Waals surface area (Å²) in [6.45, 7) is 4.29. The van der Waals surface area contributed by atoms with Crippen LogP contribution >= 0.6 is 0 Å². The van der Waals surface area contributed by atoms with Gasteiger partial charge in [-0.05, 0) is 30.0 Å². The van der Waals surface area contributed by atoms with Crippen LogP contribution in [0.5, 0.6) is 0 Å². The minimum Gasteiger partial charge on any atom is -0.269 e. The molecule has 0 unspecified atom stereocenters. The van der Waals surface area contributed by atoms with E-state index < -0.39 is 0 Å². The summed E-state index contributed by atoms with van der Waals surface area (Å²) in [5, 5.41) is 0. The van der Waals surface area contributed by atoms with Gasteiger partial charge in [-0.15, -0.1) is 0 Å². The third-order valence-corrected chi connectivity index (χ3v) is 3.14. The van der Waals surface area contributed by atoms with Gasteiger partial charge in [-0.2, -0.15) is 0 Å². The maximum Gasteiger partial charge on any atom is 0.258 e. The lowest BCUT2D eigenvalue weighted by atomic mass is 9.98. The van der Waals surface area contributed by atoms with Crippen molar-refractivity contribution >= 4 is 17.5 Å². The van der Waals surface area contributed by atoms with Gasteiger partial charge in [0.15, 0.2) is 0 Å². The highest BCUT2D eigenvalue weighted by atomic mass is 16.2. The molecule has 1 atom stereocenters. The Morgan fingerprint density at radius 1 is 1.06 bits per heavy atom. The molecule has 88 valence electrons. The lowest BCUT2D eigenvalue weighted by Gasteiger charge is -2.15. The van der Waals surface area contributed by atoms with Gasteiger partial charge in [0, 0.05) is 12.2 Å². The molecule has 0 radical (unpaired) electrons. The highest BCUT2D eigenvalue weighted by molar-refractivity contribution is 6.28. The van der Waals surface area contributed by atoms with Crippen LogP contribution in [-0.2, 0) is 9.59 Å². The molecule has 3 nitrogen and oxygen atoms in total. The van der Waals surface area contributed by atoms with Crippen LogP contribution in [0.2, 0.25) is 0 Å². The summed E-state index contributed by atoms with van der Waals surface area (Å²) in [7, 11) is 0. The number of rotatable bonds is 3. The number of carbonyl (C=O) groups is 2. The van der Waals surface area contributed by atoms with Gasteiger partial charge in [-0.3, -0.25) is 9.59 Å². The maximum absolute atomic E-state index is 11.5. The third kappa shape index (κ3) is 2.13. The average molecular weight is 229 g/mol. The molecule has 1 aromatic rings. The minimum absolute atomic E-state index is 0.272. The van der Waals surface area contributed by atoms with E-state index in [4.69, 9.17) is 0 Å². The first-order chi connectivity index (χ1) is 8.13. The monoisotopic (exact) mass is 229 g/mol. The van der Waals surface area contributed by atoms with Crippen LogP contribution in [0.3, 0.4) is 0 Å². The molecule has 17 heavy (non-hydrogen) atoms. The molecule has 3 heteroatoms. The van der Waals surface area contributed by atoms with E-state index >= 15 is 0 Å². The van der Waals surface area contributed by atoms with Crippen molar-refractivity contribution in [3.05, 3.63) is 42.0 Å². The second-order valence-corrected chi connectivity index (χ2v) is 4.25. The van der Waals surface area contributed by atoms with E-state index in [9.17, 15) is 9.59 Å². The maximum atomic E-state index is 11.5. The zero-order chi connectivity index (χ0) is 12.4. The summed E-state index contributed by atoms with van der Waals surface area (Å²) in [5.41, 5.74) is 1.86. The Hall–Kier alpha value is -1.90. The molecule has 0 N–H and O–H groups in total. The molecule has 1 aromatic carbocycles. The molecule has 1 heterocycles. The molecule has 1 aliphatic rings. The van der Waals surface area contributed by atoms with Crippen molar-refractivity contribution in [2.24, 2.45) is 0 Å². The molecule has 1 aliphatic heterocycles. The van der Waals surface area contributed by atoms with Crippen molar-refractivity contribution in [3.8, 4) is 0 Å². The molecule has 0 fully saturated rings. The summed E-state index contributed by atoms with van der Waals surface area (Å²) in [6, 6.07) is 7.60. The first-order valence-corrected chi connectivity index (χ1v) is 5.79. The molecule has 0 saturated carbocycles. The number of hydrogen-bond donors (Lipinski definition) is 0. The van der Waals surface area contributed by atoms with Crippen molar-refractivity contribution in [1.82, 2.24) is 0 Å². The van der Waals surface area contributed by atoms with Crippen molar-refractivity contribution in [1.29, 1.82) is 0 Å². The van der Waals surface area contributed by atoms with Crippen LogP contribution in [-0.4, -0.2) is 11.8 Å². The zero-order valence-electron chi connectivity index (χ0n) is 10.0. The Morgan fingerprint density at radius 2 is 1.59 bits per heavy atom. The fourth-order valence-corrected chi connectivity index (χ4v) is 1.84. The van der Waals surface area contributed by atoms with Crippen molar-refractivity contribution < 1.29 is 9.59 Å². The normalized spacial score (nSPS) is 16.7. The Balaban J connectivity index is 2.24. The van der Waals surface area contributed by atoms with E-state index in [-0.39, 0.29) is 11.8 Å². The standard InChI is InChI=1S/C14H15NO2/c1-3-10(2)11-4-6-12(7-5-11)15-13(16)8-9-14(15)17/h4-10H,3H2,1-2H3/t10-/m0/s1. The summed E-state index contributed by atoms with van der Waals surface area (Å²) in [5.74, 6) is -0.0512. The van der Waals surface area contributed by atoms with Gasteiger partial charge < -0.3 is 0 Å². The van der Waals surface area contributed by atoms with Gasteiger partial charge in [0.05, 0.1) is 5.69 Å². The fraction of sp³-hybridized carbons (Fsp3) is 0.286. The van der Waals surface area contributed by atoms with Gasteiger partial charge in [0.2, 0.25) is 0 Å². The van der Waals surface area contributed by atoms with Gasteiger partial charge in [-0.25, -0.2) is 4.90 Å². The molecular formula is C14H15NO2. The van der Waals surface area contributed by atoms with Crippen molar-refractivity contribution in [2.45, 2.75) is 26.2 Å². The molecule has 2 rings (SSSR count). The number of amides is 2. The van der Waals surface area contributed by atoms with E-state index in [0.717, 1.165) is 6.42 Å². The SMILES string of the molecule is CC[C@H](C)c1ccc(N2C(=O)C=CC2=O)cc1. The van der Waals surface area contributed by atoms with Crippen LogP contribution in [0.25, 0.3) is 0 Å². The van der Waals surface area contributed by atoms with Gasteiger partial charge >= 0.3 is 0 Å². The van der Waals surface area contributed by atoms with Crippen molar-refractivity contribution in [2.75, 3.05) is 4.90 Å². The summed E-state index contributed by atoms with van der Waals surface area (Å²) in [6.07, 6.45) is 3.66. The molecule has 2 amide bonds. The smallest absolute Gasteiger partial charge is 0.258 e. The number of nitrogens with zero attached hydrogens (tertiary/aromatic N) is 1. The molecule has 0 bridgehead atoms.